The van der Waals surface area contributed by atoms with Gasteiger partial charge in [-0.25, -0.2) is 0 Å². The Kier molecular flexibility index (Phi) is 4.65. The lowest BCUT2D eigenvalue weighted by molar-refractivity contribution is 0.296. The molecular formula is C21H15N3O. The second-order valence-electron chi connectivity index (χ2n) is 5.47. The first-order valence-electron chi connectivity index (χ1n) is 7.74. The first-order valence-corrected chi connectivity index (χ1v) is 7.74. The van der Waals surface area contributed by atoms with Gasteiger partial charge in [-0.15, -0.1) is 0 Å². The molecule has 0 aliphatic carbocycles. The summed E-state index contributed by atoms with van der Waals surface area (Å²) in [6.07, 6.45) is 3.56. The van der Waals surface area contributed by atoms with Crippen LogP contribution in [0.4, 0.5) is 0 Å². The largest absolute Gasteiger partial charge is 0.439 e. The number of allylic oxidation sites excluding steroid dienone is 3. The van der Waals surface area contributed by atoms with E-state index in [-0.39, 0.29) is 11.5 Å². The molecule has 0 unspecified atom stereocenters. The molecule has 1 heterocycles. The maximum Gasteiger partial charge on any atom is 0.205 e. The molecule has 4 heteroatoms. The normalized spacial score (nSPS) is 17.1. The van der Waals surface area contributed by atoms with Gasteiger partial charge in [0.05, 0.1) is 17.6 Å². The summed E-state index contributed by atoms with van der Waals surface area (Å²) in [5.74, 6) is -0.139. The van der Waals surface area contributed by atoms with Gasteiger partial charge < -0.3 is 10.5 Å². The summed E-state index contributed by atoms with van der Waals surface area (Å²) in [5, 5.41) is 19.2. The molecule has 0 spiro atoms. The van der Waals surface area contributed by atoms with Crippen molar-refractivity contribution in [2.75, 3.05) is 0 Å². The quantitative estimate of drug-likeness (QED) is 0.925. The van der Waals surface area contributed by atoms with Gasteiger partial charge in [0.2, 0.25) is 5.88 Å². The van der Waals surface area contributed by atoms with Crippen LogP contribution in [-0.2, 0) is 4.74 Å². The molecule has 1 aliphatic heterocycles. The first-order chi connectivity index (χ1) is 12.2. The molecule has 2 aromatic rings. The smallest absolute Gasteiger partial charge is 0.205 e. The SMILES string of the molecule is N#CC1=C(N)OC(/C=C\c2ccccc2)=C(C#N)[C@H]1c1ccccc1. The summed E-state index contributed by atoms with van der Waals surface area (Å²) in [7, 11) is 0. The van der Waals surface area contributed by atoms with Crippen LogP contribution in [0, 0.1) is 22.7 Å². The van der Waals surface area contributed by atoms with Crippen molar-refractivity contribution in [1.29, 1.82) is 10.5 Å². The third kappa shape index (κ3) is 3.29. The van der Waals surface area contributed by atoms with Crippen LogP contribution < -0.4 is 5.73 Å². The molecule has 3 rings (SSSR count). The molecule has 2 N–H and O–H groups in total. The Hall–Kier alpha value is -3.76. The molecule has 25 heavy (non-hydrogen) atoms. The Morgan fingerprint density at radius 2 is 1.44 bits per heavy atom. The molecule has 0 aromatic heterocycles. The summed E-state index contributed by atoms with van der Waals surface area (Å²) in [4.78, 5) is 0. The van der Waals surface area contributed by atoms with E-state index in [1.165, 1.54) is 0 Å². The maximum atomic E-state index is 9.70. The lowest BCUT2D eigenvalue weighted by atomic mass is 9.83. The monoisotopic (exact) mass is 325 g/mol. The van der Waals surface area contributed by atoms with E-state index in [9.17, 15) is 10.5 Å². The second kappa shape index (κ2) is 7.21. The van der Waals surface area contributed by atoms with Crippen molar-refractivity contribution < 1.29 is 4.74 Å². The Bertz CT molecular complexity index is 942. The van der Waals surface area contributed by atoms with Crippen LogP contribution in [0.1, 0.15) is 17.0 Å². The van der Waals surface area contributed by atoms with Crippen molar-refractivity contribution in [1.82, 2.24) is 0 Å². The van der Waals surface area contributed by atoms with Crippen LogP contribution >= 0.6 is 0 Å². The molecule has 0 radical (unpaired) electrons. The lowest BCUT2D eigenvalue weighted by Gasteiger charge is -2.24. The van der Waals surface area contributed by atoms with Crippen LogP contribution in [0.3, 0.4) is 0 Å². The Labute approximate surface area is 146 Å². The van der Waals surface area contributed by atoms with Gasteiger partial charge in [-0.2, -0.15) is 10.5 Å². The summed E-state index contributed by atoms with van der Waals surface area (Å²) in [6, 6.07) is 23.3. The van der Waals surface area contributed by atoms with Gasteiger partial charge in [0.25, 0.3) is 0 Å². The fourth-order valence-corrected chi connectivity index (χ4v) is 2.74. The third-order valence-electron chi connectivity index (χ3n) is 3.93. The number of hydrogen-bond acceptors (Lipinski definition) is 4. The van der Waals surface area contributed by atoms with Gasteiger partial charge in [0, 0.05) is 0 Å². The fraction of sp³-hybridized carbons (Fsp3) is 0.0476. The lowest BCUT2D eigenvalue weighted by Crippen LogP contribution is -2.19. The summed E-state index contributed by atoms with van der Waals surface area (Å²) < 4.78 is 5.57. The van der Waals surface area contributed by atoms with Crippen LogP contribution in [0.25, 0.3) is 6.08 Å². The molecule has 4 nitrogen and oxygen atoms in total. The molecule has 0 saturated carbocycles. The number of benzene rings is 2. The molecule has 1 aliphatic rings. The van der Waals surface area contributed by atoms with E-state index >= 15 is 0 Å². The first kappa shape index (κ1) is 16.1. The number of nitrogens with zero attached hydrogens (tertiary/aromatic N) is 2. The highest BCUT2D eigenvalue weighted by atomic mass is 16.5. The van der Waals surface area contributed by atoms with Crippen LogP contribution in [0.5, 0.6) is 0 Å². The highest BCUT2D eigenvalue weighted by Crippen LogP contribution is 2.39. The fourth-order valence-electron chi connectivity index (χ4n) is 2.74. The van der Waals surface area contributed by atoms with Gasteiger partial charge in [-0.3, -0.25) is 0 Å². The number of rotatable bonds is 3. The minimum atomic E-state index is -0.527. The molecule has 0 fully saturated rings. The van der Waals surface area contributed by atoms with Gasteiger partial charge in [-0.05, 0) is 17.2 Å². The van der Waals surface area contributed by atoms with E-state index in [1.807, 2.05) is 66.7 Å². The standard InChI is InChI=1S/C21H15N3O/c22-13-17-19(12-11-15-7-3-1-4-8-15)25-21(24)18(14-23)20(17)16-9-5-2-6-10-16/h1-12,20H,24H2/b12-11-/t20-/m1/s1. The van der Waals surface area contributed by atoms with E-state index in [4.69, 9.17) is 10.5 Å². The van der Waals surface area contributed by atoms with Gasteiger partial charge in [0.1, 0.15) is 17.4 Å². The van der Waals surface area contributed by atoms with E-state index < -0.39 is 5.92 Å². The predicted molar refractivity (Wildman–Crippen MR) is 95.2 cm³/mol. The Balaban J connectivity index is 2.08. The molecule has 0 bridgehead atoms. The number of hydrogen-bond donors (Lipinski definition) is 1. The van der Waals surface area contributed by atoms with E-state index in [0.29, 0.717) is 11.3 Å². The van der Waals surface area contributed by atoms with Crippen molar-refractivity contribution in [2.24, 2.45) is 5.73 Å². The minimum Gasteiger partial charge on any atom is -0.439 e. The highest BCUT2D eigenvalue weighted by Gasteiger charge is 2.32. The predicted octanol–water partition coefficient (Wildman–Crippen LogP) is 3.99. The molecule has 0 saturated heterocycles. The molecular weight excluding hydrogens is 310 g/mol. The van der Waals surface area contributed by atoms with Gasteiger partial charge >= 0.3 is 0 Å². The topological polar surface area (TPSA) is 82.8 Å². The zero-order chi connectivity index (χ0) is 17.6. The van der Waals surface area contributed by atoms with E-state index in [1.54, 1.807) is 6.08 Å². The molecule has 120 valence electrons. The second-order valence-corrected chi connectivity index (χ2v) is 5.47. The number of nitriles is 2. The van der Waals surface area contributed by atoms with Crippen molar-refractivity contribution in [2.45, 2.75) is 5.92 Å². The minimum absolute atomic E-state index is 0.0306. The maximum absolute atomic E-state index is 9.70. The summed E-state index contributed by atoms with van der Waals surface area (Å²) in [5.41, 5.74) is 8.36. The van der Waals surface area contributed by atoms with Crippen molar-refractivity contribution in [3.63, 3.8) is 0 Å². The Morgan fingerprint density at radius 1 is 0.840 bits per heavy atom. The van der Waals surface area contributed by atoms with Crippen LogP contribution in [0.2, 0.25) is 0 Å². The van der Waals surface area contributed by atoms with Crippen molar-refractivity contribution in [3.8, 4) is 12.1 Å². The van der Waals surface area contributed by atoms with Crippen molar-refractivity contribution >= 4 is 6.08 Å². The average Bonchev–Trinajstić information content (AvgIpc) is 2.67. The highest BCUT2D eigenvalue weighted by molar-refractivity contribution is 5.59. The van der Waals surface area contributed by atoms with E-state index in [0.717, 1.165) is 11.1 Å². The molecule has 2 aromatic carbocycles. The molecule has 0 amide bonds. The van der Waals surface area contributed by atoms with Gasteiger partial charge in [0.15, 0.2) is 0 Å². The summed E-state index contributed by atoms with van der Waals surface area (Å²) >= 11 is 0. The average molecular weight is 325 g/mol. The Morgan fingerprint density at radius 3 is 2.04 bits per heavy atom. The third-order valence-corrected chi connectivity index (χ3v) is 3.93. The number of nitrogens with two attached hydrogens (primary N) is 1. The summed E-state index contributed by atoms with van der Waals surface area (Å²) in [6.45, 7) is 0. The zero-order valence-electron chi connectivity index (χ0n) is 13.4. The van der Waals surface area contributed by atoms with Crippen molar-refractivity contribution in [3.05, 3.63) is 101 Å². The van der Waals surface area contributed by atoms with Crippen LogP contribution in [-0.4, -0.2) is 0 Å². The van der Waals surface area contributed by atoms with Crippen LogP contribution in [0.15, 0.2) is 89.5 Å². The number of ether oxygens (including phenoxy) is 1. The van der Waals surface area contributed by atoms with E-state index in [2.05, 4.69) is 12.1 Å². The van der Waals surface area contributed by atoms with Gasteiger partial charge in [-0.1, -0.05) is 66.7 Å². The zero-order valence-corrected chi connectivity index (χ0v) is 13.4. The molecule has 1 atom stereocenters.